The van der Waals surface area contributed by atoms with E-state index in [-0.39, 0.29) is 0 Å². The molecule has 20 aliphatic heterocycles. The number of ether oxygens (including phenoxy) is 27. The van der Waals surface area contributed by atoms with Crippen LogP contribution >= 0.6 is 0 Å². The number of rotatable bonds is 28. The van der Waals surface area contributed by atoms with Crippen LogP contribution in [0.3, 0.4) is 0 Å². The Kier molecular flexibility index (Phi) is 39.4. The van der Waals surface area contributed by atoms with E-state index in [9.17, 15) is 106 Å². The van der Waals surface area contributed by atoms with Gasteiger partial charge in [-0.1, -0.05) is 35.8 Å². The fourth-order valence-corrected chi connectivity index (χ4v) is 16.0. The minimum absolute atomic E-state index is 0.727. The molecule has 0 N–H and O–H groups in total. The fourth-order valence-electron chi connectivity index (χ4n) is 16.0. The van der Waals surface area contributed by atoms with Crippen LogP contribution in [0.5, 0.6) is 0 Å². The predicted octanol–water partition coefficient (Wildman–Crippen LogP) is 2.65. The summed E-state index contributed by atoms with van der Waals surface area (Å²) in [5.41, 5.74) is 70.4. The van der Waals surface area contributed by atoms with Gasteiger partial charge in [0.25, 0.3) is 0 Å². The van der Waals surface area contributed by atoms with Crippen LogP contribution in [0, 0.1) is 5.92 Å². The Morgan fingerprint density at radius 3 is 0.519 bits per heavy atom. The quantitative estimate of drug-likeness (QED) is 0.0357. The number of carbonyl (C=O) groups excluding carboxylic acids is 14. The van der Waals surface area contributed by atoms with Crippen molar-refractivity contribution < 1.29 is 195 Å². The van der Waals surface area contributed by atoms with Crippen molar-refractivity contribution in [3.05, 3.63) is 73.1 Å². The van der Waals surface area contributed by atoms with Gasteiger partial charge in [-0.25, -0.2) is 0 Å². The lowest BCUT2D eigenvalue weighted by Crippen LogP contribution is -2.70. The lowest BCUT2D eigenvalue weighted by atomic mass is 9.79. The van der Waals surface area contributed by atoms with E-state index in [4.69, 9.17) is 128 Å². The van der Waals surface area contributed by atoms with E-state index in [1.807, 2.05) is 0 Å². The summed E-state index contributed by atoms with van der Waals surface area (Å²) in [4.78, 5) is 213. The maximum absolute atomic E-state index is 13.8. The molecule has 62 nitrogen and oxygen atoms in total. The SMILES string of the molecule is CC(=O)OC1[C@@H]2OC(CN=[N+]=[N-])[C@H](O[C@@H]3OC(CN=[N+]=[N-])[C@H](O[C@H]4OC(CN=[N+]=[N-])[C@H](O[C@@H]5OC(CN=[N+]=[N-])[C@H](O[C@@H]6OC(CN=[N+]=[N-])[C@H](O[C@@H]7CC(CN=[N+]=[N-])[C@H](O[C@@H]8OC(CN=[N+]=[N-])[C@H](O2)[C@H](OC(C)=O)C8OC(C)=O)[C@H](OC(C)=O)C7OC(C)=O)[C@H](OC(C)=O)C6OC(C)=O)[C@H](OC(C)=O)C5OC(C)=O)[C@H](OC(C)=O)C4OC(C)=O)[C@H](OC(C)=O)C3OC(C)=O)[C@@H]1OC(C)=O. The molecule has 0 spiro atoms. The van der Waals surface area contributed by atoms with Crippen molar-refractivity contribution >= 4 is 83.6 Å². The summed E-state index contributed by atoms with van der Waals surface area (Å²) in [6.07, 6.45) is -76.4. The lowest BCUT2D eigenvalue weighted by molar-refractivity contribution is -0.391. The minimum atomic E-state index is -2.41. The molecule has 21 aliphatic rings. The van der Waals surface area contributed by atoms with E-state index in [0.717, 1.165) is 96.9 Å². The maximum atomic E-state index is 13.8. The summed E-state index contributed by atoms with van der Waals surface area (Å²) in [7, 11) is 0. The van der Waals surface area contributed by atoms with Crippen molar-refractivity contribution in [1.82, 2.24) is 0 Å². The molecule has 0 aromatic rings. The molecule has 62 heteroatoms. The number of hydrogen-bond acceptors (Lipinski definition) is 48. The number of carbonyl (C=O) groups is 14. The Bertz CT molecular complexity index is 3830. The van der Waals surface area contributed by atoms with Gasteiger partial charge in [-0.2, -0.15) is 0 Å². The van der Waals surface area contributed by atoms with Crippen LogP contribution in [0.2, 0.25) is 0 Å². The van der Waals surface area contributed by atoms with Crippen LogP contribution in [-0.4, -0.2) is 338 Å². The summed E-state index contributed by atoms with van der Waals surface area (Å²) < 4.78 is 169. The zero-order valence-electron chi connectivity index (χ0n) is 73.0. The minimum Gasteiger partial charge on any atom is -0.456 e. The highest BCUT2D eigenvalue weighted by atomic mass is 16.8. The van der Waals surface area contributed by atoms with Crippen molar-refractivity contribution in [1.29, 1.82) is 0 Å². The molecule has 133 heavy (non-hydrogen) atoms. The molecule has 20 saturated heterocycles. The molecule has 21 rings (SSSR count). The molecular weight excluding hydrogens is 1800 g/mol. The van der Waals surface area contributed by atoms with Crippen LogP contribution < -0.4 is 0 Å². The Labute approximate surface area is 749 Å². The third-order valence-corrected chi connectivity index (χ3v) is 20.2. The standard InChI is InChI=1S/C71H93N21O41/c1-23(93)107-46-38-15-37(16-79-86-72)45(53(46)108-24(2)94)128-66-61(116-32(10)102)55(110-26(4)96)48(40(123-66)18-81-88-74)130-68-63(118-34(12)104)57(112-28(6)98)50(42(125-68)20-83-90-76)132-70-65(120-36(14)106)59(114-30(8)100)52(44(127-70)22-85-92-78)133-71-64(119-35(13)105)58(113-29(7)99)51(43(126-71)21-84-91-77)131-69-62(117-33(11)103)56(111-27(5)97)49(41(124-69)19-82-89-75)129-67-60(115-31(9)101)54(109-25(3)95)47(121-38)39(122-67)17-80-87-73/h37-71H,15-22H2,1-14H3/t37?,38-,39?,40?,41?,42?,43?,44?,45+,46?,47+,48+,49+,50+,51+,52+,53+,54+,55+,56+,57+,58+,59+,60?,61?,62?,63?,64?,65?,66+,67+,68-,69+,70+,71-/m1/s1. The molecule has 14 unspecified atom stereocenters. The molecule has 21 fully saturated rings. The van der Waals surface area contributed by atoms with Gasteiger partial charge in [0.2, 0.25) is 0 Å². The summed E-state index contributed by atoms with van der Waals surface area (Å²) in [5, 5.41) is 25.7. The second-order valence-corrected chi connectivity index (χ2v) is 29.9. The Morgan fingerprint density at radius 1 is 0.203 bits per heavy atom. The molecule has 0 amide bonds. The van der Waals surface area contributed by atoms with Crippen LogP contribution in [-0.2, 0) is 195 Å². The van der Waals surface area contributed by atoms with E-state index in [0.29, 0.717) is 0 Å². The topological polar surface area (TPSA) is 830 Å². The van der Waals surface area contributed by atoms with Crippen LogP contribution in [0.15, 0.2) is 35.8 Å². The Morgan fingerprint density at radius 2 is 0.346 bits per heavy atom. The van der Waals surface area contributed by atoms with Crippen molar-refractivity contribution in [2.75, 3.05) is 45.8 Å². The smallest absolute Gasteiger partial charge is 0.303 e. The molecule has 1 aliphatic carbocycles. The highest BCUT2D eigenvalue weighted by Gasteiger charge is 2.65. The number of hydrogen-bond donors (Lipinski definition) is 0. The van der Waals surface area contributed by atoms with Gasteiger partial charge < -0.3 is 128 Å². The third kappa shape index (κ3) is 28.6. The van der Waals surface area contributed by atoms with Crippen molar-refractivity contribution in [3.63, 3.8) is 0 Å². The fraction of sp³-hybridized carbons (Fsp3) is 0.803. The van der Waals surface area contributed by atoms with E-state index < -0.39 is 350 Å². The van der Waals surface area contributed by atoms with E-state index in [2.05, 4.69) is 70.2 Å². The van der Waals surface area contributed by atoms with E-state index in [1.54, 1.807) is 0 Å². The van der Waals surface area contributed by atoms with Crippen molar-refractivity contribution in [2.45, 2.75) is 312 Å². The molecule has 20 heterocycles. The predicted molar refractivity (Wildman–Crippen MR) is 414 cm³/mol. The van der Waals surface area contributed by atoms with Crippen LogP contribution in [0.4, 0.5) is 0 Å². The molecule has 35 atom stereocenters. The van der Waals surface area contributed by atoms with Crippen molar-refractivity contribution in [3.8, 4) is 0 Å². The average molecular weight is 1900 g/mol. The van der Waals surface area contributed by atoms with Gasteiger partial charge in [0, 0.05) is 138 Å². The number of azide groups is 7. The van der Waals surface area contributed by atoms with Crippen molar-refractivity contribution in [2.24, 2.45) is 41.7 Å². The Hall–Kier alpha value is -12.8. The van der Waals surface area contributed by atoms with Crippen LogP contribution in [0.25, 0.3) is 73.1 Å². The summed E-state index contributed by atoms with van der Waals surface area (Å²) in [6.45, 7) is 4.55. The monoisotopic (exact) mass is 1900 g/mol. The normalized spacial score (nSPS) is 35.6. The average Bonchev–Trinajstić information content (AvgIpc) is 0.857. The number of nitrogens with zero attached hydrogens (tertiary/aromatic N) is 21. The molecule has 14 bridgehead atoms. The van der Waals surface area contributed by atoms with E-state index in [1.165, 1.54) is 0 Å². The van der Waals surface area contributed by atoms with E-state index >= 15 is 0 Å². The van der Waals surface area contributed by atoms with Gasteiger partial charge in [-0.05, 0) is 51.1 Å². The molecule has 0 radical (unpaired) electrons. The molecule has 728 valence electrons. The molecule has 1 saturated carbocycles. The summed E-state index contributed by atoms with van der Waals surface area (Å²) in [6, 6.07) is 0. The first-order chi connectivity index (χ1) is 63.2. The van der Waals surface area contributed by atoms with Crippen LogP contribution in [0.1, 0.15) is 103 Å². The second-order valence-electron chi connectivity index (χ2n) is 29.9. The lowest BCUT2D eigenvalue weighted by Gasteiger charge is -2.52. The first kappa shape index (κ1) is 106. The zero-order valence-corrected chi connectivity index (χ0v) is 73.0. The summed E-state index contributed by atoms with van der Waals surface area (Å²) in [5.74, 6) is -19.4. The van der Waals surface area contributed by atoms with Gasteiger partial charge in [-0.15, -0.1) is 0 Å². The molecular formula is C71H93N21O41. The maximum Gasteiger partial charge on any atom is 0.303 e. The largest absolute Gasteiger partial charge is 0.456 e. The first-order valence-electron chi connectivity index (χ1n) is 40.2. The summed E-state index contributed by atoms with van der Waals surface area (Å²) >= 11 is 0. The van der Waals surface area contributed by atoms with Gasteiger partial charge in [0.1, 0.15) is 42.7 Å². The highest BCUT2D eigenvalue weighted by Crippen LogP contribution is 2.46. The highest BCUT2D eigenvalue weighted by molar-refractivity contribution is 5.72. The van der Waals surface area contributed by atoms with Gasteiger partial charge in [-0.3, -0.25) is 67.1 Å². The molecule has 0 aromatic heterocycles. The Balaban J connectivity index is 1.49. The zero-order chi connectivity index (χ0) is 97.9. The molecule has 0 aromatic carbocycles. The van der Waals surface area contributed by atoms with Gasteiger partial charge >= 0.3 is 83.6 Å². The number of esters is 14. The second kappa shape index (κ2) is 49.6. The van der Waals surface area contributed by atoms with Gasteiger partial charge in [0.15, 0.2) is 123 Å². The van der Waals surface area contributed by atoms with Gasteiger partial charge in [0.05, 0.1) is 82.0 Å². The first-order valence-corrected chi connectivity index (χ1v) is 40.2. The third-order valence-electron chi connectivity index (χ3n) is 20.2.